The first-order valence-electron chi connectivity index (χ1n) is 7.12. The maximum absolute atomic E-state index is 11.0. The lowest BCUT2D eigenvalue weighted by Gasteiger charge is -2.01. The maximum Gasteiger partial charge on any atom is 0.234 e. The van der Waals surface area contributed by atoms with Gasteiger partial charge in [0.1, 0.15) is 5.69 Å². The molecular weight excluding hydrogens is 242 g/mol. The van der Waals surface area contributed by atoms with Gasteiger partial charge in [0, 0.05) is 6.54 Å². The highest BCUT2D eigenvalue weighted by atomic mass is 16.1. The van der Waals surface area contributed by atoms with Crippen LogP contribution in [0.25, 0.3) is 0 Å². The van der Waals surface area contributed by atoms with E-state index in [9.17, 15) is 4.79 Å². The zero-order valence-electron chi connectivity index (χ0n) is 11.8. The summed E-state index contributed by atoms with van der Waals surface area (Å²) in [5.74, 6) is -0.175. The Morgan fingerprint density at radius 3 is 2.79 bits per heavy atom. The Kier molecular flexibility index (Phi) is 7.81. The van der Waals surface area contributed by atoms with E-state index in [-0.39, 0.29) is 12.5 Å². The number of unbranched alkanes of at least 4 members (excludes halogenated alkanes) is 5. The average molecular weight is 267 g/mol. The number of nitrogens with two attached hydrogens (primary N) is 1. The lowest BCUT2D eigenvalue weighted by Crippen LogP contribution is -2.29. The van der Waals surface area contributed by atoms with Crippen molar-refractivity contribution in [2.75, 3.05) is 6.54 Å². The number of carbonyl (C=O) groups excluding carboxylic acids is 1. The van der Waals surface area contributed by atoms with E-state index in [1.807, 2.05) is 10.9 Å². The van der Waals surface area contributed by atoms with Gasteiger partial charge in [-0.2, -0.15) is 0 Å². The van der Waals surface area contributed by atoms with Crippen LogP contribution < -0.4 is 11.1 Å². The summed E-state index contributed by atoms with van der Waals surface area (Å²) in [6.45, 7) is 3.52. The molecule has 0 aliphatic rings. The molecule has 0 fully saturated rings. The zero-order valence-corrected chi connectivity index (χ0v) is 11.8. The van der Waals surface area contributed by atoms with E-state index in [0.717, 1.165) is 18.7 Å². The molecule has 1 rings (SSSR count). The topological polar surface area (TPSA) is 85.8 Å². The summed E-state index contributed by atoms with van der Waals surface area (Å²) in [6.07, 6.45) is 9.46. The summed E-state index contributed by atoms with van der Waals surface area (Å²) in [4.78, 5) is 11.0. The molecule has 1 aromatic rings. The molecule has 0 spiro atoms. The first-order valence-corrected chi connectivity index (χ1v) is 7.12. The van der Waals surface area contributed by atoms with Crippen LogP contribution in [0.2, 0.25) is 0 Å². The van der Waals surface area contributed by atoms with Crippen molar-refractivity contribution in [2.45, 2.75) is 58.5 Å². The van der Waals surface area contributed by atoms with E-state index in [1.165, 1.54) is 32.1 Å². The Hall–Kier alpha value is -1.43. The molecule has 0 radical (unpaired) electrons. The van der Waals surface area contributed by atoms with Crippen LogP contribution in [0.3, 0.4) is 0 Å². The fraction of sp³-hybridized carbons (Fsp3) is 0.769. The number of hydrogen-bond acceptors (Lipinski definition) is 4. The fourth-order valence-corrected chi connectivity index (χ4v) is 1.84. The van der Waals surface area contributed by atoms with Gasteiger partial charge in [0.05, 0.1) is 19.3 Å². The van der Waals surface area contributed by atoms with E-state index in [1.54, 1.807) is 0 Å². The number of carbonyl (C=O) groups is 1. The van der Waals surface area contributed by atoms with Crippen molar-refractivity contribution < 1.29 is 4.79 Å². The predicted octanol–water partition coefficient (Wildman–Crippen LogP) is 1.21. The molecule has 19 heavy (non-hydrogen) atoms. The third kappa shape index (κ3) is 6.91. The molecule has 0 bridgehead atoms. The summed E-state index contributed by atoms with van der Waals surface area (Å²) in [5.41, 5.74) is 5.97. The molecule has 108 valence electrons. The second-order valence-electron chi connectivity index (χ2n) is 4.72. The molecular formula is C13H25N5O. The quantitative estimate of drug-likeness (QED) is 0.624. The first-order chi connectivity index (χ1) is 9.26. The van der Waals surface area contributed by atoms with Crippen molar-refractivity contribution >= 4 is 5.91 Å². The van der Waals surface area contributed by atoms with Crippen LogP contribution in [0.5, 0.6) is 0 Å². The normalized spacial score (nSPS) is 10.6. The zero-order chi connectivity index (χ0) is 13.9. The van der Waals surface area contributed by atoms with Crippen molar-refractivity contribution in [2.24, 2.45) is 5.73 Å². The van der Waals surface area contributed by atoms with Crippen molar-refractivity contribution in [3.05, 3.63) is 11.9 Å². The number of nitrogens with zero attached hydrogens (tertiary/aromatic N) is 3. The third-order valence-electron chi connectivity index (χ3n) is 2.98. The molecule has 0 aromatic carbocycles. The number of aryl methyl sites for hydroxylation is 1. The number of rotatable bonds is 10. The van der Waals surface area contributed by atoms with Gasteiger partial charge >= 0.3 is 0 Å². The number of amides is 1. The van der Waals surface area contributed by atoms with Gasteiger partial charge in [0.25, 0.3) is 0 Å². The minimum Gasteiger partial charge on any atom is -0.349 e. The van der Waals surface area contributed by atoms with Gasteiger partial charge < -0.3 is 11.1 Å². The molecule has 0 aliphatic heterocycles. The average Bonchev–Trinajstić information content (AvgIpc) is 2.88. The lowest BCUT2D eigenvalue weighted by atomic mass is 10.1. The van der Waals surface area contributed by atoms with Crippen molar-refractivity contribution in [3.8, 4) is 0 Å². The van der Waals surface area contributed by atoms with Gasteiger partial charge in [-0.05, 0) is 6.42 Å². The van der Waals surface area contributed by atoms with Crippen molar-refractivity contribution in [1.29, 1.82) is 0 Å². The number of hydrogen-bond donors (Lipinski definition) is 2. The van der Waals surface area contributed by atoms with Gasteiger partial charge in [-0.1, -0.05) is 44.2 Å². The molecule has 0 saturated heterocycles. The van der Waals surface area contributed by atoms with Gasteiger partial charge in [0.2, 0.25) is 5.91 Å². The lowest BCUT2D eigenvalue weighted by molar-refractivity contribution is -0.119. The summed E-state index contributed by atoms with van der Waals surface area (Å²) >= 11 is 0. The third-order valence-corrected chi connectivity index (χ3v) is 2.98. The van der Waals surface area contributed by atoms with Gasteiger partial charge in [0.15, 0.2) is 0 Å². The van der Waals surface area contributed by atoms with Crippen LogP contribution in [-0.4, -0.2) is 27.4 Å². The minimum absolute atomic E-state index is 0.00585. The van der Waals surface area contributed by atoms with Crippen molar-refractivity contribution in [1.82, 2.24) is 20.3 Å². The van der Waals surface area contributed by atoms with Crippen LogP contribution in [0.15, 0.2) is 6.20 Å². The van der Waals surface area contributed by atoms with Gasteiger partial charge in [-0.3, -0.25) is 9.48 Å². The maximum atomic E-state index is 11.0. The largest absolute Gasteiger partial charge is 0.349 e. The monoisotopic (exact) mass is 267 g/mol. The SMILES string of the molecule is CCCCCCCCn1cc(CNC(=O)CN)nn1. The predicted molar refractivity (Wildman–Crippen MR) is 74.3 cm³/mol. The molecule has 6 nitrogen and oxygen atoms in total. The Balaban J connectivity index is 2.14. The second-order valence-corrected chi connectivity index (χ2v) is 4.72. The molecule has 1 heterocycles. The molecule has 6 heteroatoms. The van der Waals surface area contributed by atoms with Gasteiger partial charge in [-0.15, -0.1) is 5.10 Å². The van der Waals surface area contributed by atoms with Crippen LogP contribution in [0.4, 0.5) is 0 Å². The molecule has 0 atom stereocenters. The number of nitrogens with one attached hydrogen (secondary N) is 1. The minimum atomic E-state index is -0.175. The Labute approximate surface area is 114 Å². The Morgan fingerprint density at radius 1 is 1.32 bits per heavy atom. The summed E-state index contributed by atoms with van der Waals surface area (Å²) < 4.78 is 1.84. The van der Waals surface area contributed by atoms with E-state index < -0.39 is 0 Å². The van der Waals surface area contributed by atoms with Crippen LogP contribution >= 0.6 is 0 Å². The summed E-state index contributed by atoms with van der Waals surface area (Å²) in [6, 6.07) is 0. The summed E-state index contributed by atoms with van der Waals surface area (Å²) in [7, 11) is 0. The fourth-order valence-electron chi connectivity index (χ4n) is 1.84. The molecule has 1 amide bonds. The summed E-state index contributed by atoms with van der Waals surface area (Å²) in [5, 5.41) is 10.7. The van der Waals surface area contributed by atoms with E-state index in [4.69, 9.17) is 5.73 Å². The van der Waals surface area contributed by atoms with E-state index >= 15 is 0 Å². The second kappa shape index (κ2) is 9.49. The highest BCUT2D eigenvalue weighted by Crippen LogP contribution is 2.06. The molecule has 3 N–H and O–H groups in total. The van der Waals surface area contributed by atoms with E-state index in [0.29, 0.717) is 6.54 Å². The van der Waals surface area contributed by atoms with E-state index in [2.05, 4.69) is 22.6 Å². The first kappa shape index (κ1) is 15.6. The highest BCUT2D eigenvalue weighted by molar-refractivity contribution is 5.77. The Morgan fingerprint density at radius 2 is 2.05 bits per heavy atom. The standard InChI is InChI=1S/C13H25N5O/c1-2-3-4-5-6-7-8-18-11-12(16-17-18)10-15-13(19)9-14/h11H,2-10,14H2,1H3,(H,15,19). The number of aromatic nitrogens is 3. The molecule has 0 saturated carbocycles. The van der Waals surface area contributed by atoms with Gasteiger partial charge in [-0.25, -0.2) is 0 Å². The van der Waals surface area contributed by atoms with Crippen LogP contribution in [-0.2, 0) is 17.9 Å². The van der Waals surface area contributed by atoms with Crippen molar-refractivity contribution in [3.63, 3.8) is 0 Å². The molecule has 0 aliphatic carbocycles. The molecule has 1 aromatic heterocycles. The van der Waals surface area contributed by atoms with Crippen LogP contribution in [0.1, 0.15) is 51.1 Å². The molecule has 0 unspecified atom stereocenters. The smallest absolute Gasteiger partial charge is 0.234 e. The highest BCUT2D eigenvalue weighted by Gasteiger charge is 2.02. The van der Waals surface area contributed by atoms with Crippen LogP contribution in [0, 0.1) is 0 Å². The Bertz CT molecular complexity index is 364.